The Morgan fingerprint density at radius 1 is 0.807 bits per heavy atom. The Balaban J connectivity index is 0.959. The molecule has 9 rings (SSSR count). The number of anilines is 4. The lowest BCUT2D eigenvalue weighted by atomic mass is 10.1. The molecule has 4 aliphatic rings. The van der Waals surface area contributed by atoms with Gasteiger partial charge in [-0.3, -0.25) is 9.79 Å². The maximum absolute atomic E-state index is 14.0. The van der Waals surface area contributed by atoms with E-state index >= 15 is 0 Å². The molecule has 5 aromatic rings. The van der Waals surface area contributed by atoms with Gasteiger partial charge in [0.15, 0.2) is 29.2 Å². The first-order valence-electron chi connectivity index (χ1n) is 19.4. The van der Waals surface area contributed by atoms with Gasteiger partial charge < -0.3 is 44.5 Å². The fraction of sp³-hybridized carbons (Fsp3) is 0.304. The number of aliphatic hydroxyl groups excluding tert-OH is 1. The summed E-state index contributed by atoms with van der Waals surface area (Å²) in [5, 5.41) is 18.8. The molecule has 4 aliphatic heterocycles. The normalized spacial score (nSPS) is 18.8. The second-order valence-electron chi connectivity index (χ2n) is 16.1. The fourth-order valence-corrected chi connectivity index (χ4v) is 8.52. The molecule has 57 heavy (non-hydrogen) atoms. The first-order valence-corrected chi connectivity index (χ1v) is 19.4. The van der Waals surface area contributed by atoms with Gasteiger partial charge in [-0.25, -0.2) is 0 Å². The third kappa shape index (κ3) is 6.86. The topological polar surface area (TPSA) is 117 Å². The van der Waals surface area contributed by atoms with Gasteiger partial charge in [0.1, 0.15) is 13.2 Å². The van der Waals surface area contributed by atoms with Crippen LogP contribution in [0.5, 0.6) is 23.0 Å². The van der Waals surface area contributed by atoms with Crippen LogP contribution in [0.4, 0.5) is 28.4 Å². The first kappa shape index (κ1) is 36.4. The van der Waals surface area contributed by atoms with E-state index in [1.807, 2.05) is 70.6 Å². The maximum atomic E-state index is 14.0. The average Bonchev–Trinajstić information content (AvgIpc) is 3.69. The maximum Gasteiger partial charge on any atom is 0.260 e. The van der Waals surface area contributed by atoms with Crippen molar-refractivity contribution >= 4 is 40.6 Å². The number of aliphatic hydroxyl groups is 1. The zero-order valence-electron chi connectivity index (χ0n) is 32.8. The molecule has 3 N–H and O–H groups in total. The summed E-state index contributed by atoms with van der Waals surface area (Å²) in [4.78, 5) is 22.7. The van der Waals surface area contributed by atoms with Gasteiger partial charge in [-0.2, -0.15) is 0 Å². The summed E-state index contributed by atoms with van der Waals surface area (Å²) in [6, 6.07) is 29.7. The van der Waals surface area contributed by atoms with Crippen LogP contribution >= 0.6 is 0 Å². The molecule has 3 atom stereocenters. The van der Waals surface area contributed by atoms with Crippen LogP contribution in [0.25, 0.3) is 0 Å². The Morgan fingerprint density at radius 3 is 2.16 bits per heavy atom. The number of hydrogen-bond donors (Lipinski definition) is 3. The van der Waals surface area contributed by atoms with Gasteiger partial charge in [-0.1, -0.05) is 36.4 Å². The van der Waals surface area contributed by atoms with Crippen molar-refractivity contribution in [1.82, 2.24) is 0 Å². The van der Waals surface area contributed by atoms with E-state index in [-0.39, 0.29) is 36.7 Å². The summed E-state index contributed by atoms with van der Waals surface area (Å²) in [6.45, 7) is 7.45. The summed E-state index contributed by atoms with van der Waals surface area (Å²) < 4.78 is 24.5. The highest BCUT2D eigenvalue weighted by Crippen LogP contribution is 2.46. The molecular formula is C46H47N5O6. The van der Waals surface area contributed by atoms with E-state index in [1.165, 1.54) is 11.1 Å². The lowest BCUT2D eigenvalue weighted by Crippen LogP contribution is -2.39. The van der Waals surface area contributed by atoms with Gasteiger partial charge in [0.25, 0.3) is 5.91 Å². The van der Waals surface area contributed by atoms with E-state index in [1.54, 1.807) is 20.3 Å². The second kappa shape index (κ2) is 14.4. The third-order valence-electron chi connectivity index (χ3n) is 11.0. The minimum atomic E-state index is -0.897. The lowest BCUT2D eigenvalue weighted by Gasteiger charge is -2.29. The molecular weight excluding hydrogens is 719 g/mol. The number of methoxy groups -OCH3 is 2. The van der Waals surface area contributed by atoms with Crippen LogP contribution in [0.3, 0.4) is 0 Å². The standard InChI is InChI=1S/C46H47N5O6/c1-46(2,3)49-31-15-27(25-56-42-21-36-34(19-40(42)54-4)44(52)50-32(23-47-36)17-29-10-6-8-12-38(29)50)14-28(16-31)26-57-43-22-37-35(20-41(43)55-5)45(53)51-33(24-48-37)18-30-11-7-9-13-39(30)51/h6-16,19-23,32-33,44,48-49,52H,17-18,24-26H2,1-5H3/t32-,33-,44?/m0/s1. The van der Waals surface area contributed by atoms with E-state index in [4.69, 9.17) is 23.9 Å². The minimum absolute atomic E-state index is 0.0253. The SMILES string of the molecule is COc1cc2c(cc1OCc1cc(COc3cc4c(cc3OC)C(=O)N3c5ccccc5C[C@H]3CN4)cc(NC(C)(C)C)c1)N=C[C@@H]1Cc3ccccc3N1C2O. The Bertz CT molecular complexity index is 2410. The molecule has 0 aliphatic carbocycles. The van der Waals surface area contributed by atoms with Crippen molar-refractivity contribution in [2.24, 2.45) is 4.99 Å². The molecule has 1 unspecified atom stereocenters. The summed E-state index contributed by atoms with van der Waals surface area (Å²) >= 11 is 0. The van der Waals surface area contributed by atoms with E-state index < -0.39 is 6.23 Å². The number of rotatable bonds is 9. The van der Waals surface area contributed by atoms with Crippen molar-refractivity contribution in [2.45, 2.75) is 70.7 Å². The van der Waals surface area contributed by atoms with E-state index in [0.29, 0.717) is 46.4 Å². The fourth-order valence-electron chi connectivity index (χ4n) is 8.52. The Kier molecular flexibility index (Phi) is 9.20. The van der Waals surface area contributed by atoms with Gasteiger partial charge in [0, 0.05) is 59.5 Å². The summed E-state index contributed by atoms with van der Waals surface area (Å²) in [7, 11) is 3.19. The van der Waals surface area contributed by atoms with Crippen LogP contribution in [-0.4, -0.2) is 55.6 Å². The number of carbonyl (C=O) groups excluding carboxylic acids is 1. The lowest BCUT2D eigenvalue weighted by molar-refractivity contribution is 0.0983. The molecule has 0 saturated carbocycles. The number of ether oxygens (including phenoxy) is 4. The van der Waals surface area contributed by atoms with E-state index in [9.17, 15) is 9.90 Å². The van der Waals surface area contributed by atoms with Crippen molar-refractivity contribution in [3.63, 3.8) is 0 Å². The van der Waals surface area contributed by atoms with E-state index in [2.05, 4.69) is 61.7 Å². The number of para-hydroxylation sites is 2. The predicted molar refractivity (Wildman–Crippen MR) is 223 cm³/mol. The molecule has 0 aromatic heterocycles. The number of amides is 1. The Morgan fingerprint density at radius 2 is 1.46 bits per heavy atom. The molecule has 0 saturated heterocycles. The molecule has 0 spiro atoms. The predicted octanol–water partition coefficient (Wildman–Crippen LogP) is 8.21. The second-order valence-corrected chi connectivity index (χ2v) is 16.1. The highest BCUT2D eigenvalue weighted by molar-refractivity contribution is 6.12. The van der Waals surface area contributed by atoms with Crippen LogP contribution in [0, 0.1) is 0 Å². The third-order valence-corrected chi connectivity index (χ3v) is 11.0. The van der Waals surface area contributed by atoms with Crippen molar-refractivity contribution in [2.75, 3.05) is 41.2 Å². The smallest absolute Gasteiger partial charge is 0.260 e. The zero-order chi connectivity index (χ0) is 39.4. The van der Waals surface area contributed by atoms with Crippen molar-refractivity contribution in [1.29, 1.82) is 0 Å². The van der Waals surface area contributed by atoms with Crippen molar-refractivity contribution in [3.05, 3.63) is 124 Å². The molecule has 4 heterocycles. The molecule has 0 radical (unpaired) electrons. The highest BCUT2D eigenvalue weighted by atomic mass is 16.5. The quantitative estimate of drug-likeness (QED) is 0.137. The molecule has 11 nitrogen and oxygen atoms in total. The van der Waals surface area contributed by atoms with Crippen LogP contribution in [0.2, 0.25) is 0 Å². The van der Waals surface area contributed by atoms with Crippen LogP contribution in [0.15, 0.2) is 96.0 Å². The van der Waals surface area contributed by atoms with Gasteiger partial charge in [0.05, 0.1) is 43.2 Å². The molecule has 11 heteroatoms. The van der Waals surface area contributed by atoms with Crippen molar-refractivity contribution in [3.8, 4) is 23.0 Å². The molecule has 1 amide bonds. The van der Waals surface area contributed by atoms with Gasteiger partial charge >= 0.3 is 0 Å². The Hall–Kier alpha value is -6.20. The highest BCUT2D eigenvalue weighted by Gasteiger charge is 2.38. The van der Waals surface area contributed by atoms with Crippen molar-refractivity contribution < 1.29 is 28.8 Å². The molecule has 0 fully saturated rings. The summed E-state index contributed by atoms with van der Waals surface area (Å²) in [5.41, 5.74) is 9.47. The largest absolute Gasteiger partial charge is 0.493 e. The first-order chi connectivity index (χ1) is 27.6. The summed E-state index contributed by atoms with van der Waals surface area (Å²) in [5.74, 6) is 1.99. The summed E-state index contributed by atoms with van der Waals surface area (Å²) in [6.07, 6.45) is 2.60. The monoisotopic (exact) mass is 765 g/mol. The molecule has 292 valence electrons. The molecule has 0 bridgehead atoms. The molecule has 5 aromatic carbocycles. The minimum Gasteiger partial charge on any atom is -0.493 e. The number of nitrogens with one attached hydrogen (secondary N) is 2. The number of hydrogen-bond acceptors (Lipinski definition) is 10. The van der Waals surface area contributed by atoms with Gasteiger partial charge in [-0.05, 0) is 91.9 Å². The van der Waals surface area contributed by atoms with E-state index in [0.717, 1.165) is 46.7 Å². The average molecular weight is 766 g/mol. The number of nitrogens with zero attached hydrogens (tertiary/aromatic N) is 3. The Labute approximate surface area is 332 Å². The van der Waals surface area contributed by atoms with Gasteiger partial charge in [-0.15, -0.1) is 0 Å². The number of carbonyl (C=O) groups is 1. The van der Waals surface area contributed by atoms with Crippen LogP contribution < -0.4 is 39.4 Å². The van der Waals surface area contributed by atoms with Crippen LogP contribution in [-0.2, 0) is 26.1 Å². The number of aliphatic imine (C=N–C) groups is 1. The number of benzene rings is 5. The van der Waals surface area contributed by atoms with Crippen LogP contribution in [0.1, 0.15) is 65.2 Å². The zero-order valence-corrected chi connectivity index (χ0v) is 32.8. The van der Waals surface area contributed by atoms with Gasteiger partial charge in [0.2, 0.25) is 0 Å². The number of fused-ring (bicyclic) bond motifs is 8.